The fourth-order valence-corrected chi connectivity index (χ4v) is 2.53. The first-order valence-electron chi connectivity index (χ1n) is 8.44. The Bertz CT molecular complexity index is 847. The van der Waals surface area contributed by atoms with Crippen LogP contribution < -0.4 is 10.1 Å². The summed E-state index contributed by atoms with van der Waals surface area (Å²) in [6.07, 6.45) is 1.44. The summed E-state index contributed by atoms with van der Waals surface area (Å²) in [6, 6.07) is 17.2. The third-order valence-corrected chi connectivity index (χ3v) is 3.90. The minimum absolute atomic E-state index is 0.272. The second-order valence-corrected chi connectivity index (χ2v) is 5.82. The summed E-state index contributed by atoms with van der Waals surface area (Å²) in [5.74, 6) is 0.428. The lowest BCUT2D eigenvalue weighted by Crippen LogP contribution is -2.33. The van der Waals surface area contributed by atoms with Gasteiger partial charge in [0.25, 0.3) is 5.91 Å². The lowest BCUT2D eigenvalue weighted by Gasteiger charge is -2.17. The highest BCUT2D eigenvalue weighted by molar-refractivity contribution is 5.93. The maximum Gasteiger partial charge on any atom is 0.266 e. The van der Waals surface area contributed by atoms with Crippen LogP contribution in [0, 0.1) is 5.82 Å². The number of amides is 1. The Morgan fingerprint density at radius 3 is 2.58 bits per heavy atom. The smallest absolute Gasteiger partial charge is 0.266 e. The Balaban J connectivity index is 1.66. The van der Waals surface area contributed by atoms with Crippen LogP contribution in [0.2, 0.25) is 0 Å². The first-order chi connectivity index (χ1) is 12.7. The van der Waals surface area contributed by atoms with Crippen molar-refractivity contribution in [2.75, 3.05) is 5.32 Å². The number of carbonyl (C=O) groups is 1. The lowest BCUT2D eigenvalue weighted by molar-refractivity contribution is -0.122. The van der Waals surface area contributed by atoms with E-state index in [4.69, 9.17) is 4.74 Å². The van der Waals surface area contributed by atoms with Crippen molar-refractivity contribution in [3.8, 4) is 5.75 Å². The number of halogens is 1. The van der Waals surface area contributed by atoms with Gasteiger partial charge in [0.05, 0.1) is 12.7 Å². The molecule has 0 spiro atoms. The van der Waals surface area contributed by atoms with E-state index in [1.54, 1.807) is 16.9 Å². The third kappa shape index (κ3) is 4.47. The maximum absolute atomic E-state index is 13.0. The molecule has 134 valence electrons. The van der Waals surface area contributed by atoms with Gasteiger partial charge in [-0.05, 0) is 36.2 Å². The normalized spacial score (nSPS) is 11.8. The van der Waals surface area contributed by atoms with Crippen LogP contribution in [0.3, 0.4) is 0 Å². The predicted octanol–water partition coefficient (Wildman–Crippen LogP) is 3.87. The summed E-state index contributed by atoms with van der Waals surface area (Å²) in [7, 11) is 0. The van der Waals surface area contributed by atoms with E-state index in [0.717, 1.165) is 5.56 Å². The molecule has 1 N–H and O–H groups in total. The molecule has 1 aromatic heterocycles. The van der Waals surface area contributed by atoms with Gasteiger partial charge >= 0.3 is 0 Å². The van der Waals surface area contributed by atoms with Crippen molar-refractivity contribution in [2.45, 2.75) is 26.0 Å². The fraction of sp³-hybridized carbons (Fsp3) is 0.200. The van der Waals surface area contributed by atoms with Gasteiger partial charge in [0, 0.05) is 6.07 Å². The Hall–Kier alpha value is -3.15. The van der Waals surface area contributed by atoms with E-state index >= 15 is 0 Å². The topological polar surface area (TPSA) is 56.1 Å². The standard InChI is InChI=1S/C20H20FN3O2/c1-2-18(26-17-10-8-16(21)9-11-17)20(25)23-19-12-13-22-24(19)14-15-6-4-3-5-7-15/h3-13,18H,2,14H2,1H3,(H,23,25)/t18-/m0/s1. The van der Waals surface area contributed by atoms with E-state index in [0.29, 0.717) is 24.5 Å². The molecule has 5 nitrogen and oxygen atoms in total. The summed E-state index contributed by atoms with van der Waals surface area (Å²) in [5.41, 5.74) is 1.08. The lowest BCUT2D eigenvalue weighted by atomic mass is 10.2. The van der Waals surface area contributed by atoms with Crippen molar-refractivity contribution in [3.63, 3.8) is 0 Å². The third-order valence-electron chi connectivity index (χ3n) is 3.90. The fourth-order valence-electron chi connectivity index (χ4n) is 2.53. The highest BCUT2D eigenvalue weighted by Crippen LogP contribution is 2.16. The van der Waals surface area contributed by atoms with E-state index in [9.17, 15) is 9.18 Å². The molecule has 0 saturated carbocycles. The molecule has 1 heterocycles. The van der Waals surface area contributed by atoms with Gasteiger partial charge in [-0.3, -0.25) is 4.79 Å². The zero-order valence-corrected chi connectivity index (χ0v) is 14.4. The van der Waals surface area contributed by atoms with E-state index in [-0.39, 0.29) is 11.7 Å². The molecule has 1 amide bonds. The number of nitrogens with zero attached hydrogens (tertiary/aromatic N) is 2. The molecule has 0 radical (unpaired) electrons. The molecule has 0 aliphatic carbocycles. The number of anilines is 1. The van der Waals surface area contributed by atoms with E-state index in [2.05, 4.69) is 10.4 Å². The van der Waals surface area contributed by atoms with Crippen LogP contribution in [0.25, 0.3) is 0 Å². The van der Waals surface area contributed by atoms with Crippen LogP contribution in [-0.2, 0) is 11.3 Å². The molecule has 3 rings (SSSR count). The average Bonchev–Trinajstić information content (AvgIpc) is 3.08. The van der Waals surface area contributed by atoms with Gasteiger partial charge in [0.1, 0.15) is 17.4 Å². The molecular weight excluding hydrogens is 333 g/mol. The Morgan fingerprint density at radius 2 is 1.88 bits per heavy atom. The molecular formula is C20H20FN3O2. The number of ether oxygens (including phenoxy) is 1. The first-order valence-corrected chi connectivity index (χ1v) is 8.44. The molecule has 0 aliphatic heterocycles. The first kappa shape index (κ1) is 17.7. The van der Waals surface area contributed by atoms with Crippen molar-refractivity contribution >= 4 is 11.7 Å². The van der Waals surface area contributed by atoms with Crippen molar-refractivity contribution in [2.24, 2.45) is 0 Å². The molecule has 0 saturated heterocycles. The minimum atomic E-state index is -0.680. The number of nitrogens with one attached hydrogen (secondary N) is 1. The summed E-state index contributed by atoms with van der Waals surface area (Å²) >= 11 is 0. The van der Waals surface area contributed by atoms with Gasteiger partial charge in [-0.1, -0.05) is 37.3 Å². The maximum atomic E-state index is 13.0. The van der Waals surface area contributed by atoms with Crippen LogP contribution in [0.4, 0.5) is 10.2 Å². The highest BCUT2D eigenvalue weighted by Gasteiger charge is 2.20. The number of carbonyl (C=O) groups excluding carboxylic acids is 1. The number of hydrogen-bond donors (Lipinski definition) is 1. The minimum Gasteiger partial charge on any atom is -0.481 e. The molecule has 6 heteroatoms. The van der Waals surface area contributed by atoms with Gasteiger partial charge < -0.3 is 10.1 Å². The van der Waals surface area contributed by atoms with Gasteiger partial charge in [-0.2, -0.15) is 5.10 Å². The van der Waals surface area contributed by atoms with Crippen LogP contribution in [0.1, 0.15) is 18.9 Å². The van der Waals surface area contributed by atoms with Crippen molar-refractivity contribution in [1.29, 1.82) is 0 Å². The second-order valence-electron chi connectivity index (χ2n) is 5.82. The van der Waals surface area contributed by atoms with Crippen LogP contribution >= 0.6 is 0 Å². The van der Waals surface area contributed by atoms with E-state index in [1.807, 2.05) is 37.3 Å². The summed E-state index contributed by atoms with van der Waals surface area (Å²) < 4.78 is 20.4. The number of benzene rings is 2. The summed E-state index contributed by atoms with van der Waals surface area (Å²) in [6.45, 7) is 2.41. The quantitative estimate of drug-likeness (QED) is 0.702. The van der Waals surface area contributed by atoms with Crippen LogP contribution in [0.15, 0.2) is 66.9 Å². The Morgan fingerprint density at radius 1 is 1.15 bits per heavy atom. The SMILES string of the molecule is CC[C@H](Oc1ccc(F)cc1)C(=O)Nc1ccnn1Cc1ccccc1. The highest BCUT2D eigenvalue weighted by atomic mass is 19.1. The van der Waals surface area contributed by atoms with Gasteiger partial charge in [0.2, 0.25) is 0 Å². The van der Waals surface area contributed by atoms with Gasteiger partial charge in [-0.15, -0.1) is 0 Å². The number of rotatable bonds is 7. The zero-order chi connectivity index (χ0) is 18.4. The average molecular weight is 353 g/mol. The Kier molecular flexibility index (Phi) is 5.63. The number of hydrogen-bond acceptors (Lipinski definition) is 3. The molecule has 2 aromatic carbocycles. The summed E-state index contributed by atoms with van der Waals surface area (Å²) in [4.78, 5) is 12.6. The molecule has 0 bridgehead atoms. The monoisotopic (exact) mass is 353 g/mol. The van der Waals surface area contributed by atoms with Crippen LogP contribution in [-0.4, -0.2) is 21.8 Å². The van der Waals surface area contributed by atoms with E-state index in [1.165, 1.54) is 24.3 Å². The molecule has 1 atom stereocenters. The van der Waals surface area contributed by atoms with Gasteiger partial charge in [0.15, 0.2) is 6.10 Å². The second kappa shape index (κ2) is 8.29. The van der Waals surface area contributed by atoms with E-state index < -0.39 is 6.10 Å². The largest absolute Gasteiger partial charge is 0.481 e. The number of aromatic nitrogens is 2. The van der Waals surface area contributed by atoms with Crippen LogP contribution in [0.5, 0.6) is 5.75 Å². The van der Waals surface area contributed by atoms with Crippen molar-refractivity contribution in [1.82, 2.24) is 9.78 Å². The molecule has 0 fully saturated rings. The molecule has 0 unspecified atom stereocenters. The van der Waals surface area contributed by atoms with Crippen molar-refractivity contribution < 1.29 is 13.9 Å². The predicted molar refractivity (Wildman–Crippen MR) is 97.5 cm³/mol. The summed E-state index contributed by atoms with van der Waals surface area (Å²) in [5, 5.41) is 7.12. The zero-order valence-electron chi connectivity index (χ0n) is 14.4. The molecule has 0 aliphatic rings. The molecule has 26 heavy (non-hydrogen) atoms. The van der Waals surface area contributed by atoms with Gasteiger partial charge in [-0.25, -0.2) is 9.07 Å². The molecule has 3 aromatic rings. The van der Waals surface area contributed by atoms with Crippen molar-refractivity contribution in [3.05, 3.63) is 78.2 Å². The Labute approximate surface area is 151 Å².